The Balaban J connectivity index is 2.19. The minimum absolute atomic E-state index is 0.566. The SMILES string of the molecule is CCCCCOCc1ccc(CCNC(C)C)cc1. The van der Waals surface area contributed by atoms with Gasteiger partial charge in [-0.25, -0.2) is 0 Å². The molecule has 2 nitrogen and oxygen atoms in total. The van der Waals surface area contributed by atoms with Crippen LogP contribution in [0.2, 0.25) is 0 Å². The molecule has 108 valence electrons. The van der Waals surface area contributed by atoms with Crippen molar-refractivity contribution in [1.82, 2.24) is 5.32 Å². The summed E-state index contributed by atoms with van der Waals surface area (Å²) in [6, 6.07) is 9.37. The van der Waals surface area contributed by atoms with Crippen LogP contribution >= 0.6 is 0 Å². The topological polar surface area (TPSA) is 21.3 Å². The van der Waals surface area contributed by atoms with Gasteiger partial charge in [-0.3, -0.25) is 0 Å². The third-order valence-electron chi connectivity index (χ3n) is 3.15. The van der Waals surface area contributed by atoms with Gasteiger partial charge in [0, 0.05) is 12.6 Å². The summed E-state index contributed by atoms with van der Waals surface area (Å²) < 4.78 is 5.66. The molecule has 0 radical (unpaired) electrons. The van der Waals surface area contributed by atoms with Gasteiger partial charge >= 0.3 is 0 Å². The van der Waals surface area contributed by atoms with Gasteiger partial charge in [-0.2, -0.15) is 0 Å². The fourth-order valence-electron chi connectivity index (χ4n) is 1.95. The van der Waals surface area contributed by atoms with Gasteiger partial charge in [0.1, 0.15) is 0 Å². The first-order valence-electron chi connectivity index (χ1n) is 7.61. The number of hydrogen-bond donors (Lipinski definition) is 1. The van der Waals surface area contributed by atoms with E-state index in [-0.39, 0.29) is 0 Å². The molecule has 1 aromatic rings. The van der Waals surface area contributed by atoms with Crippen LogP contribution in [0.15, 0.2) is 24.3 Å². The van der Waals surface area contributed by atoms with E-state index in [1.165, 1.54) is 30.4 Å². The Labute approximate surface area is 118 Å². The summed E-state index contributed by atoms with van der Waals surface area (Å²) in [7, 11) is 0. The highest BCUT2D eigenvalue weighted by Gasteiger charge is 1.97. The predicted octanol–water partition coefficient (Wildman–Crippen LogP) is 3.93. The lowest BCUT2D eigenvalue weighted by Gasteiger charge is -2.08. The first-order chi connectivity index (χ1) is 9.22. The largest absolute Gasteiger partial charge is 0.377 e. The molecule has 0 saturated carbocycles. The molecule has 0 fully saturated rings. The van der Waals surface area contributed by atoms with E-state index >= 15 is 0 Å². The van der Waals surface area contributed by atoms with Crippen LogP contribution in [-0.4, -0.2) is 19.2 Å². The fourth-order valence-corrected chi connectivity index (χ4v) is 1.95. The molecular formula is C17H29NO. The van der Waals surface area contributed by atoms with Crippen LogP contribution in [-0.2, 0) is 17.8 Å². The van der Waals surface area contributed by atoms with Crippen LogP contribution in [0.4, 0.5) is 0 Å². The van der Waals surface area contributed by atoms with E-state index in [0.717, 1.165) is 26.2 Å². The van der Waals surface area contributed by atoms with Crippen molar-refractivity contribution in [1.29, 1.82) is 0 Å². The van der Waals surface area contributed by atoms with E-state index in [9.17, 15) is 0 Å². The van der Waals surface area contributed by atoms with E-state index in [2.05, 4.69) is 50.4 Å². The molecule has 2 heteroatoms. The van der Waals surface area contributed by atoms with Crippen molar-refractivity contribution >= 4 is 0 Å². The van der Waals surface area contributed by atoms with Crippen LogP contribution < -0.4 is 5.32 Å². The number of ether oxygens (including phenoxy) is 1. The summed E-state index contributed by atoms with van der Waals surface area (Å²) in [5.74, 6) is 0. The van der Waals surface area contributed by atoms with Crippen molar-refractivity contribution in [2.75, 3.05) is 13.2 Å². The lowest BCUT2D eigenvalue weighted by Crippen LogP contribution is -2.24. The molecule has 0 spiro atoms. The second-order valence-electron chi connectivity index (χ2n) is 5.44. The summed E-state index contributed by atoms with van der Waals surface area (Å²) in [6.07, 6.45) is 4.79. The Morgan fingerprint density at radius 2 is 1.74 bits per heavy atom. The summed E-state index contributed by atoms with van der Waals surface area (Å²) in [4.78, 5) is 0. The van der Waals surface area contributed by atoms with Crippen LogP contribution in [0, 0.1) is 0 Å². The van der Waals surface area contributed by atoms with E-state index in [1.807, 2.05) is 0 Å². The molecule has 0 aliphatic rings. The summed E-state index contributed by atoms with van der Waals surface area (Å²) in [6.45, 7) is 9.25. The molecule has 0 saturated heterocycles. The molecule has 19 heavy (non-hydrogen) atoms. The van der Waals surface area contributed by atoms with E-state index in [1.54, 1.807) is 0 Å². The highest BCUT2D eigenvalue weighted by Crippen LogP contribution is 2.07. The molecule has 1 rings (SSSR count). The molecule has 0 bridgehead atoms. The Morgan fingerprint density at radius 3 is 2.37 bits per heavy atom. The molecule has 0 heterocycles. The summed E-state index contributed by atoms with van der Waals surface area (Å²) in [5, 5.41) is 3.44. The van der Waals surface area contributed by atoms with Crippen molar-refractivity contribution in [3.05, 3.63) is 35.4 Å². The average molecular weight is 263 g/mol. The zero-order valence-corrected chi connectivity index (χ0v) is 12.7. The van der Waals surface area contributed by atoms with Gasteiger partial charge in [0.2, 0.25) is 0 Å². The second-order valence-corrected chi connectivity index (χ2v) is 5.44. The van der Waals surface area contributed by atoms with E-state index < -0.39 is 0 Å². The van der Waals surface area contributed by atoms with Crippen molar-refractivity contribution in [3.63, 3.8) is 0 Å². The van der Waals surface area contributed by atoms with Crippen LogP contribution in [0.3, 0.4) is 0 Å². The van der Waals surface area contributed by atoms with Crippen LogP contribution in [0.5, 0.6) is 0 Å². The third kappa shape index (κ3) is 8.02. The summed E-state index contributed by atoms with van der Waals surface area (Å²) >= 11 is 0. The lowest BCUT2D eigenvalue weighted by atomic mass is 10.1. The zero-order chi connectivity index (χ0) is 13.9. The van der Waals surface area contributed by atoms with Gasteiger partial charge < -0.3 is 10.1 Å². The Hall–Kier alpha value is -0.860. The molecule has 1 aromatic carbocycles. The van der Waals surface area contributed by atoms with Crippen molar-refractivity contribution < 1.29 is 4.74 Å². The minimum Gasteiger partial charge on any atom is -0.377 e. The lowest BCUT2D eigenvalue weighted by molar-refractivity contribution is 0.117. The van der Waals surface area contributed by atoms with Crippen LogP contribution in [0.25, 0.3) is 0 Å². The molecule has 0 aliphatic heterocycles. The Morgan fingerprint density at radius 1 is 1.05 bits per heavy atom. The first kappa shape index (κ1) is 16.2. The maximum atomic E-state index is 5.66. The summed E-state index contributed by atoms with van der Waals surface area (Å²) in [5.41, 5.74) is 2.67. The second kappa shape index (κ2) is 9.99. The third-order valence-corrected chi connectivity index (χ3v) is 3.15. The monoisotopic (exact) mass is 263 g/mol. The molecule has 0 aliphatic carbocycles. The standard InChI is InChI=1S/C17H29NO/c1-4-5-6-13-19-14-17-9-7-16(8-10-17)11-12-18-15(2)3/h7-10,15,18H,4-6,11-14H2,1-3H3. The van der Waals surface area contributed by atoms with Gasteiger partial charge in [0.25, 0.3) is 0 Å². The highest BCUT2D eigenvalue weighted by atomic mass is 16.5. The predicted molar refractivity (Wildman–Crippen MR) is 82.5 cm³/mol. The minimum atomic E-state index is 0.566. The number of nitrogens with one attached hydrogen (secondary N) is 1. The maximum Gasteiger partial charge on any atom is 0.0716 e. The Bertz CT molecular complexity index is 319. The number of rotatable bonds is 10. The van der Waals surface area contributed by atoms with E-state index in [0.29, 0.717) is 6.04 Å². The highest BCUT2D eigenvalue weighted by molar-refractivity contribution is 5.22. The average Bonchev–Trinajstić information content (AvgIpc) is 2.40. The van der Waals surface area contributed by atoms with Gasteiger partial charge in [-0.05, 0) is 30.5 Å². The van der Waals surface area contributed by atoms with Gasteiger partial charge in [0.15, 0.2) is 0 Å². The number of benzene rings is 1. The molecule has 1 N–H and O–H groups in total. The fraction of sp³-hybridized carbons (Fsp3) is 0.647. The van der Waals surface area contributed by atoms with Gasteiger partial charge in [0.05, 0.1) is 6.61 Å². The zero-order valence-electron chi connectivity index (χ0n) is 12.7. The molecule has 0 aromatic heterocycles. The molecule has 0 amide bonds. The van der Waals surface area contributed by atoms with Crippen molar-refractivity contribution in [2.45, 2.75) is 59.1 Å². The van der Waals surface area contributed by atoms with Gasteiger partial charge in [-0.1, -0.05) is 57.9 Å². The quantitative estimate of drug-likeness (QED) is 0.646. The first-order valence-corrected chi connectivity index (χ1v) is 7.61. The number of hydrogen-bond acceptors (Lipinski definition) is 2. The van der Waals surface area contributed by atoms with Gasteiger partial charge in [-0.15, -0.1) is 0 Å². The number of unbranched alkanes of at least 4 members (excludes halogenated alkanes) is 2. The molecule has 0 unspecified atom stereocenters. The molecule has 0 atom stereocenters. The normalized spacial score (nSPS) is 11.2. The maximum absolute atomic E-state index is 5.66. The van der Waals surface area contributed by atoms with Crippen molar-refractivity contribution in [3.8, 4) is 0 Å². The smallest absolute Gasteiger partial charge is 0.0716 e. The van der Waals surface area contributed by atoms with Crippen LogP contribution in [0.1, 0.15) is 51.2 Å². The molecular weight excluding hydrogens is 234 g/mol. The Kier molecular flexibility index (Phi) is 8.52. The van der Waals surface area contributed by atoms with Crippen molar-refractivity contribution in [2.24, 2.45) is 0 Å². The van der Waals surface area contributed by atoms with E-state index in [4.69, 9.17) is 4.74 Å².